The number of hydrogen-bond acceptors (Lipinski definition) is 4. The molecule has 0 atom stereocenters. The molecule has 0 aliphatic heterocycles. The summed E-state index contributed by atoms with van der Waals surface area (Å²) in [7, 11) is 0. The Balaban J connectivity index is 2.33. The summed E-state index contributed by atoms with van der Waals surface area (Å²) in [5.41, 5.74) is 6.65. The Hall–Kier alpha value is -1.20. The molecule has 1 aromatic heterocycles. The maximum absolute atomic E-state index is 5.60. The van der Waals surface area contributed by atoms with Crippen LogP contribution in [0.1, 0.15) is 20.3 Å². The van der Waals surface area contributed by atoms with E-state index in [-0.39, 0.29) is 0 Å². The van der Waals surface area contributed by atoms with Crippen LogP contribution >= 0.6 is 23.8 Å². The lowest BCUT2D eigenvalue weighted by Gasteiger charge is -2.27. The highest BCUT2D eigenvalue weighted by atomic mass is 32.1. The van der Waals surface area contributed by atoms with E-state index in [1.54, 1.807) is 11.5 Å². The van der Waals surface area contributed by atoms with Crippen molar-refractivity contribution in [2.75, 3.05) is 11.4 Å². The molecule has 5 heteroatoms. The first-order valence-corrected chi connectivity index (χ1v) is 7.17. The van der Waals surface area contributed by atoms with Gasteiger partial charge in [-0.15, -0.1) is 0 Å². The van der Waals surface area contributed by atoms with Crippen molar-refractivity contribution in [2.24, 2.45) is 5.73 Å². The van der Waals surface area contributed by atoms with Crippen molar-refractivity contribution in [3.05, 3.63) is 24.3 Å². The molecule has 96 valence electrons. The largest absolute Gasteiger partial charge is 0.393 e. The second-order valence-corrected chi connectivity index (χ2v) is 5.78. The van der Waals surface area contributed by atoms with Crippen molar-refractivity contribution >= 4 is 44.6 Å². The molecular weight excluding hydrogens is 262 g/mol. The molecule has 0 amide bonds. The molecule has 2 rings (SSSR count). The monoisotopic (exact) mass is 279 g/mol. The maximum Gasteiger partial charge on any atom is 0.120 e. The molecule has 0 aliphatic carbocycles. The molecule has 1 heterocycles. The highest BCUT2D eigenvalue weighted by Gasteiger charge is 2.16. The SMILES string of the molecule is CC(C)N(CCC(N)=S)c1snc2ccccc12. The minimum Gasteiger partial charge on any atom is -0.393 e. The summed E-state index contributed by atoms with van der Waals surface area (Å²) in [6.07, 6.45) is 0.736. The van der Waals surface area contributed by atoms with E-state index in [1.165, 1.54) is 10.4 Å². The number of thiocarbonyl (C=S) groups is 1. The number of fused-ring (bicyclic) bond motifs is 1. The molecule has 0 fully saturated rings. The number of nitrogens with zero attached hydrogens (tertiary/aromatic N) is 2. The third-order valence-electron chi connectivity index (χ3n) is 2.85. The maximum atomic E-state index is 5.60. The van der Waals surface area contributed by atoms with E-state index >= 15 is 0 Å². The Morgan fingerprint density at radius 3 is 2.83 bits per heavy atom. The van der Waals surface area contributed by atoms with E-state index in [0.717, 1.165) is 18.5 Å². The lowest BCUT2D eigenvalue weighted by molar-refractivity contribution is 0.698. The summed E-state index contributed by atoms with van der Waals surface area (Å²) < 4.78 is 4.48. The zero-order valence-corrected chi connectivity index (χ0v) is 12.2. The van der Waals surface area contributed by atoms with Crippen molar-refractivity contribution in [1.29, 1.82) is 0 Å². The van der Waals surface area contributed by atoms with Gasteiger partial charge in [-0.2, -0.15) is 4.37 Å². The van der Waals surface area contributed by atoms with E-state index in [0.29, 0.717) is 11.0 Å². The fourth-order valence-electron chi connectivity index (χ4n) is 1.91. The van der Waals surface area contributed by atoms with Gasteiger partial charge in [-0.25, -0.2) is 0 Å². The summed E-state index contributed by atoms with van der Waals surface area (Å²) in [5.74, 6) is 0. The zero-order valence-electron chi connectivity index (χ0n) is 10.6. The fourth-order valence-corrected chi connectivity index (χ4v) is 3.02. The van der Waals surface area contributed by atoms with Crippen LogP contribution in [0.15, 0.2) is 24.3 Å². The summed E-state index contributed by atoms with van der Waals surface area (Å²) >= 11 is 6.51. The zero-order chi connectivity index (χ0) is 13.1. The highest BCUT2D eigenvalue weighted by molar-refractivity contribution is 7.80. The molecule has 3 nitrogen and oxygen atoms in total. The van der Waals surface area contributed by atoms with Crippen LogP contribution in [0.5, 0.6) is 0 Å². The number of benzene rings is 1. The van der Waals surface area contributed by atoms with Crippen molar-refractivity contribution < 1.29 is 0 Å². The van der Waals surface area contributed by atoms with Crippen molar-refractivity contribution in [2.45, 2.75) is 26.3 Å². The van der Waals surface area contributed by atoms with Crippen molar-refractivity contribution in [1.82, 2.24) is 4.37 Å². The van der Waals surface area contributed by atoms with Gasteiger partial charge in [0.15, 0.2) is 0 Å². The van der Waals surface area contributed by atoms with Crippen LogP contribution in [0.2, 0.25) is 0 Å². The molecule has 0 unspecified atom stereocenters. The van der Waals surface area contributed by atoms with Gasteiger partial charge in [0.05, 0.1) is 10.5 Å². The number of nitrogens with two attached hydrogens (primary N) is 1. The van der Waals surface area contributed by atoms with Gasteiger partial charge in [-0.1, -0.05) is 24.4 Å². The molecule has 0 radical (unpaired) electrons. The third-order valence-corrected chi connectivity index (χ3v) is 3.97. The van der Waals surface area contributed by atoms with Gasteiger partial charge >= 0.3 is 0 Å². The Morgan fingerprint density at radius 2 is 2.17 bits per heavy atom. The van der Waals surface area contributed by atoms with Gasteiger partial charge < -0.3 is 10.6 Å². The number of aromatic nitrogens is 1. The molecule has 1 aromatic carbocycles. The second-order valence-electron chi connectivity index (χ2n) is 4.51. The van der Waals surface area contributed by atoms with Crippen LogP contribution in [0, 0.1) is 0 Å². The van der Waals surface area contributed by atoms with E-state index in [1.807, 2.05) is 18.2 Å². The van der Waals surface area contributed by atoms with Crippen LogP contribution < -0.4 is 10.6 Å². The van der Waals surface area contributed by atoms with Crippen molar-refractivity contribution in [3.63, 3.8) is 0 Å². The lowest BCUT2D eigenvalue weighted by Crippen LogP contribution is -2.33. The molecule has 0 saturated heterocycles. The van der Waals surface area contributed by atoms with E-state index in [2.05, 4.69) is 29.2 Å². The Bertz CT molecular complexity index is 548. The molecule has 0 aliphatic rings. The Morgan fingerprint density at radius 1 is 1.44 bits per heavy atom. The van der Waals surface area contributed by atoms with Crippen LogP contribution in [0.4, 0.5) is 5.00 Å². The van der Waals surface area contributed by atoms with Gasteiger partial charge in [0.1, 0.15) is 5.00 Å². The number of hydrogen-bond donors (Lipinski definition) is 1. The summed E-state index contributed by atoms with van der Waals surface area (Å²) in [6.45, 7) is 5.20. The topological polar surface area (TPSA) is 42.1 Å². The minimum atomic E-state index is 0.406. The predicted molar refractivity (Wildman–Crippen MR) is 83.5 cm³/mol. The predicted octanol–water partition coefficient (Wildman–Crippen LogP) is 3.19. The molecule has 2 aromatic rings. The van der Waals surface area contributed by atoms with E-state index < -0.39 is 0 Å². The molecule has 2 N–H and O–H groups in total. The second kappa shape index (κ2) is 5.63. The highest BCUT2D eigenvalue weighted by Crippen LogP contribution is 2.32. The van der Waals surface area contributed by atoms with Gasteiger partial charge in [0, 0.05) is 24.4 Å². The van der Waals surface area contributed by atoms with E-state index in [9.17, 15) is 0 Å². The van der Waals surface area contributed by atoms with Crippen LogP contribution in [0.25, 0.3) is 10.9 Å². The molecule has 0 bridgehead atoms. The first kappa shape index (κ1) is 13.2. The average molecular weight is 279 g/mol. The first-order chi connectivity index (χ1) is 8.59. The van der Waals surface area contributed by atoms with Crippen LogP contribution in [0.3, 0.4) is 0 Å². The smallest absolute Gasteiger partial charge is 0.120 e. The lowest BCUT2D eigenvalue weighted by atomic mass is 10.2. The molecule has 18 heavy (non-hydrogen) atoms. The minimum absolute atomic E-state index is 0.406. The standard InChI is InChI=1S/C13H17N3S2/c1-9(2)16(8-7-12(14)17)13-10-5-3-4-6-11(10)15-18-13/h3-6,9H,7-8H2,1-2H3,(H2,14,17). The fraction of sp³-hybridized carbons (Fsp3) is 0.385. The number of anilines is 1. The molecule has 0 spiro atoms. The molecule has 0 saturated carbocycles. The summed E-state index contributed by atoms with van der Waals surface area (Å²) in [5, 5.41) is 2.41. The average Bonchev–Trinajstić information content (AvgIpc) is 2.73. The number of rotatable bonds is 5. The van der Waals surface area contributed by atoms with Crippen LogP contribution in [-0.4, -0.2) is 21.9 Å². The molecular formula is C13H17N3S2. The van der Waals surface area contributed by atoms with Gasteiger partial charge in [0.25, 0.3) is 0 Å². The van der Waals surface area contributed by atoms with Gasteiger partial charge in [0.2, 0.25) is 0 Å². The first-order valence-electron chi connectivity index (χ1n) is 5.99. The summed E-state index contributed by atoms with van der Waals surface area (Å²) in [4.78, 5) is 2.88. The van der Waals surface area contributed by atoms with E-state index in [4.69, 9.17) is 18.0 Å². The van der Waals surface area contributed by atoms with Gasteiger partial charge in [-0.3, -0.25) is 0 Å². The Kier molecular flexibility index (Phi) is 4.14. The third kappa shape index (κ3) is 2.79. The van der Waals surface area contributed by atoms with Crippen molar-refractivity contribution in [3.8, 4) is 0 Å². The quantitative estimate of drug-likeness (QED) is 0.854. The van der Waals surface area contributed by atoms with Gasteiger partial charge in [-0.05, 0) is 37.5 Å². The Labute approximate surface area is 117 Å². The normalized spacial score (nSPS) is 11.1. The van der Waals surface area contributed by atoms with Crippen LogP contribution in [-0.2, 0) is 0 Å². The summed E-state index contributed by atoms with van der Waals surface area (Å²) in [6, 6.07) is 8.63.